The van der Waals surface area contributed by atoms with Gasteiger partial charge in [0.15, 0.2) is 4.67 Å². The summed E-state index contributed by atoms with van der Waals surface area (Å²) in [4.78, 5) is 3.77. The molecule has 0 aliphatic carbocycles. The van der Waals surface area contributed by atoms with E-state index in [1.54, 1.807) is 12.1 Å². The van der Waals surface area contributed by atoms with E-state index in [0.29, 0.717) is 0 Å². The van der Waals surface area contributed by atoms with Gasteiger partial charge in [-0.2, -0.15) is 0 Å². The van der Waals surface area contributed by atoms with Gasteiger partial charge < -0.3 is 9.52 Å². The van der Waals surface area contributed by atoms with Crippen molar-refractivity contribution < 1.29 is 17.9 Å². The van der Waals surface area contributed by atoms with Gasteiger partial charge in [0, 0.05) is 12.3 Å². The first kappa shape index (κ1) is 13.1. The lowest BCUT2D eigenvalue weighted by Crippen LogP contribution is -2.13. The van der Waals surface area contributed by atoms with E-state index in [1.165, 1.54) is 18.3 Å². The van der Waals surface area contributed by atoms with Crippen LogP contribution < -0.4 is 4.72 Å². The molecule has 0 atom stereocenters. The Labute approximate surface area is 112 Å². The van der Waals surface area contributed by atoms with Gasteiger partial charge in [0.05, 0.1) is 0 Å². The summed E-state index contributed by atoms with van der Waals surface area (Å²) in [6.07, 6.45) is 1.47. The van der Waals surface area contributed by atoms with Gasteiger partial charge in [0.2, 0.25) is 0 Å². The Balaban J connectivity index is 2.34. The normalized spacial score (nSPS) is 11.4. The molecule has 2 aromatic heterocycles. The summed E-state index contributed by atoms with van der Waals surface area (Å²) >= 11 is 2.99. The van der Waals surface area contributed by atoms with Crippen LogP contribution in [0.2, 0.25) is 0 Å². The van der Waals surface area contributed by atoms with Crippen molar-refractivity contribution in [3.8, 4) is 0 Å². The fourth-order valence-electron chi connectivity index (χ4n) is 1.27. The zero-order valence-corrected chi connectivity index (χ0v) is 11.4. The molecule has 0 amide bonds. The Hall–Kier alpha value is -1.38. The number of aliphatic hydroxyl groups excluding tert-OH is 1. The molecule has 0 aliphatic heterocycles. The zero-order valence-electron chi connectivity index (χ0n) is 9.00. The molecule has 0 fully saturated rings. The Morgan fingerprint density at radius 2 is 2.22 bits per heavy atom. The number of rotatable bonds is 4. The molecule has 2 N–H and O–H groups in total. The number of hydrogen-bond acceptors (Lipinski definition) is 5. The van der Waals surface area contributed by atoms with Crippen molar-refractivity contribution in [2.24, 2.45) is 0 Å². The average molecular weight is 333 g/mol. The molecule has 6 nitrogen and oxygen atoms in total. The Kier molecular flexibility index (Phi) is 3.69. The summed E-state index contributed by atoms with van der Waals surface area (Å²) in [5, 5.41) is 8.89. The second-order valence-electron chi connectivity index (χ2n) is 3.33. The van der Waals surface area contributed by atoms with E-state index in [1.807, 2.05) is 0 Å². The van der Waals surface area contributed by atoms with E-state index in [-0.39, 0.29) is 27.7 Å². The number of furan rings is 1. The summed E-state index contributed by atoms with van der Waals surface area (Å²) in [7, 11) is -3.80. The molecule has 0 radical (unpaired) electrons. The highest BCUT2D eigenvalue weighted by molar-refractivity contribution is 9.10. The minimum absolute atomic E-state index is 0.0370. The molecule has 96 valence electrons. The molecule has 0 bridgehead atoms. The van der Waals surface area contributed by atoms with E-state index in [9.17, 15) is 8.42 Å². The van der Waals surface area contributed by atoms with Gasteiger partial charge in [-0.1, -0.05) is 6.07 Å². The van der Waals surface area contributed by atoms with Crippen LogP contribution >= 0.6 is 15.9 Å². The molecule has 8 heteroatoms. The molecule has 0 aromatic carbocycles. The van der Waals surface area contributed by atoms with Crippen LogP contribution in [-0.4, -0.2) is 18.5 Å². The van der Waals surface area contributed by atoms with Crippen molar-refractivity contribution in [2.75, 3.05) is 4.72 Å². The standard InChI is InChI=1S/C10H9BrN2O4S/c11-10-8(5-7(6-14)17-10)18(15,16)13-9-3-1-2-4-12-9/h1-5,14H,6H2,(H,12,13). The van der Waals surface area contributed by atoms with Crippen LogP contribution in [0.1, 0.15) is 5.76 Å². The molecule has 0 aliphatic rings. The Morgan fingerprint density at radius 1 is 1.44 bits per heavy atom. The monoisotopic (exact) mass is 332 g/mol. The number of anilines is 1. The maximum atomic E-state index is 12.0. The number of aliphatic hydroxyl groups is 1. The fraction of sp³-hybridized carbons (Fsp3) is 0.100. The molecule has 0 spiro atoms. The number of halogens is 1. The lowest BCUT2D eigenvalue weighted by atomic mass is 10.5. The predicted octanol–water partition coefficient (Wildman–Crippen LogP) is 1.73. The highest BCUT2D eigenvalue weighted by Gasteiger charge is 2.22. The topological polar surface area (TPSA) is 92.4 Å². The van der Waals surface area contributed by atoms with Crippen LogP contribution in [0.3, 0.4) is 0 Å². The number of nitrogens with zero attached hydrogens (tertiary/aromatic N) is 1. The maximum Gasteiger partial charge on any atom is 0.267 e. The summed E-state index contributed by atoms with van der Waals surface area (Å²) in [6, 6.07) is 6.11. The lowest BCUT2D eigenvalue weighted by Gasteiger charge is -2.04. The number of sulfonamides is 1. The first-order chi connectivity index (χ1) is 8.53. The zero-order chi connectivity index (χ0) is 13.2. The van der Waals surface area contributed by atoms with Crippen LogP contribution in [0.5, 0.6) is 0 Å². The van der Waals surface area contributed by atoms with Gasteiger partial charge in [-0.05, 0) is 28.1 Å². The third-order valence-corrected chi connectivity index (χ3v) is 4.27. The molecule has 2 heterocycles. The fourth-order valence-corrected chi connectivity index (χ4v) is 3.28. The highest BCUT2D eigenvalue weighted by Crippen LogP contribution is 2.27. The van der Waals surface area contributed by atoms with Crippen LogP contribution in [-0.2, 0) is 16.6 Å². The van der Waals surface area contributed by atoms with Crippen LogP contribution in [0.4, 0.5) is 5.82 Å². The van der Waals surface area contributed by atoms with Crippen LogP contribution in [0.15, 0.2) is 44.4 Å². The second-order valence-corrected chi connectivity index (χ2v) is 5.70. The van der Waals surface area contributed by atoms with E-state index >= 15 is 0 Å². The molecule has 2 rings (SSSR count). The largest absolute Gasteiger partial charge is 0.450 e. The van der Waals surface area contributed by atoms with Crippen LogP contribution in [0.25, 0.3) is 0 Å². The lowest BCUT2D eigenvalue weighted by molar-refractivity contribution is 0.245. The average Bonchev–Trinajstić information content (AvgIpc) is 2.72. The SMILES string of the molecule is O=S(=O)(Nc1ccccn1)c1cc(CO)oc1Br. The van der Waals surface area contributed by atoms with Crippen molar-refractivity contribution in [2.45, 2.75) is 11.5 Å². The summed E-state index contributed by atoms with van der Waals surface area (Å²) in [6.45, 7) is -0.377. The van der Waals surface area contributed by atoms with E-state index in [0.717, 1.165) is 0 Å². The van der Waals surface area contributed by atoms with Crippen LogP contribution in [0, 0.1) is 0 Å². The van der Waals surface area contributed by atoms with E-state index in [4.69, 9.17) is 9.52 Å². The summed E-state index contributed by atoms with van der Waals surface area (Å²) < 4.78 is 31.4. The van der Waals surface area contributed by atoms with Crippen molar-refractivity contribution in [3.63, 3.8) is 0 Å². The Morgan fingerprint density at radius 3 is 2.78 bits per heavy atom. The van der Waals surface area contributed by atoms with Crippen molar-refractivity contribution in [1.82, 2.24) is 4.98 Å². The van der Waals surface area contributed by atoms with Crippen molar-refractivity contribution in [3.05, 3.63) is 40.9 Å². The smallest absolute Gasteiger partial charge is 0.267 e. The number of hydrogen-bond donors (Lipinski definition) is 2. The van der Waals surface area contributed by atoms with Gasteiger partial charge in [0.25, 0.3) is 10.0 Å². The molecule has 2 aromatic rings. The summed E-state index contributed by atoms with van der Waals surface area (Å²) in [5.41, 5.74) is 0. The van der Waals surface area contributed by atoms with Gasteiger partial charge >= 0.3 is 0 Å². The minimum Gasteiger partial charge on any atom is -0.450 e. The molecular formula is C10H9BrN2O4S. The third-order valence-electron chi connectivity index (χ3n) is 2.06. The first-order valence-electron chi connectivity index (χ1n) is 4.86. The Bertz CT molecular complexity index is 639. The highest BCUT2D eigenvalue weighted by atomic mass is 79.9. The molecule has 0 unspecified atom stereocenters. The first-order valence-corrected chi connectivity index (χ1v) is 7.13. The molecule has 0 saturated heterocycles. The number of pyridine rings is 1. The number of nitrogens with one attached hydrogen (secondary N) is 1. The van der Waals surface area contributed by atoms with Crippen molar-refractivity contribution >= 4 is 31.8 Å². The van der Waals surface area contributed by atoms with E-state index < -0.39 is 10.0 Å². The second kappa shape index (κ2) is 5.09. The molecule has 0 saturated carbocycles. The predicted molar refractivity (Wildman–Crippen MR) is 67.4 cm³/mol. The van der Waals surface area contributed by atoms with E-state index in [2.05, 4.69) is 25.6 Å². The molecular weight excluding hydrogens is 324 g/mol. The quantitative estimate of drug-likeness (QED) is 0.889. The van der Waals surface area contributed by atoms with Crippen molar-refractivity contribution in [1.29, 1.82) is 0 Å². The van der Waals surface area contributed by atoms with Gasteiger partial charge in [0.1, 0.15) is 23.1 Å². The van der Waals surface area contributed by atoms with Gasteiger partial charge in [-0.3, -0.25) is 4.72 Å². The number of aromatic nitrogens is 1. The maximum absolute atomic E-state index is 12.0. The summed E-state index contributed by atoms with van der Waals surface area (Å²) in [5.74, 6) is 0.361. The third kappa shape index (κ3) is 2.71. The minimum atomic E-state index is -3.80. The van der Waals surface area contributed by atoms with Gasteiger partial charge in [-0.15, -0.1) is 0 Å². The van der Waals surface area contributed by atoms with Gasteiger partial charge in [-0.25, -0.2) is 13.4 Å². The molecule has 18 heavy (non-hydrogen) atoms.